The molecule has 0 spiro atoms. The molecule has 0 aliphatic rings. The first-order valence-electron chi connectivity index (χ1n) is 7.13. The SMILES string of the molecule is O=C(NCc1cc(-c2ccccc2)ncn1)c1ccccc1F. The predicted molar refractivity (Wildman–Crippen MR) is 85.0 cm³/mol. The average molecular weight is 307 g/mol. The van der Waals surface area contributed by atoms with Gasteiger partial charge in [0.05, 0.1) is 23.5 Å². The molecule has 2 aromatic carbocycles. The molecule has 23 heavy (non-hydrogen) atoms. The number of aromatic nitrogens is 2. The van der Waals surface area contributed by atoms with E-state index >= 15 is 0 Å². The molecule has 0 fully saturated rings. The lowest BCUT2D eigenvalue weighted by Crippen LogP contribution is -2.24. The summed E-state index contributed by atoms with van der Waals surface area (Å²) in [5.74, 6) is -1.01. The fraction of sp³-hybridized carbons (Fsp3) is 0.0556. The number of nitrogens with one attached hydrogen (secondary N) is 1. The van der Waals surface area contributed by atoms with Gasteiger partial charge in [0, 0.05) is 5.56 Å². The van der Waals surface area contributed by atoms with E-state index in [1.165, 1.54) is 18.5 Å². The highest BCUT2D eigenvalue weighted by Gasteiger charge is 2.10. The minimum absolute atomic E-state index is 0.0184. The molecule has 1 amide bonds. The molecule has 4 nitrogen and oxygen atoms in total. The van der Waals surface area contributed by atoms with Gasteiger partial charge in [-0.3, -0.25) is 4.79 Å². The van der Waals surface area contributed by atoms with Crippen molar-refractivity contribution in [3.8, 4) is 11.3 Å². The van der Waals surface area contributed by atoms with Gasteiger partial charge in [-0.15, -0.1) is 0 Å². The summed E-state index contributed by atoms with van der Waals surface area (Å²) in [5, 5.41) is 2.67. The number of hydrogen-bond acceptors (Lipinski definition) is 3. The Morgan fingerprint density at radius 1 is 1.00 bits per heavy atom. The van der Waals surface area contributed by atoms with Crippen LogP contribution in [0.3, 0.4) is 0 Å². The Morgan fingerprint density at radius 3 is 2.52 bits per heavy atom. The lowest BCUT2D eigenvalue weighted by molar-refractivity contribution is 0.0946. The highest BCUT2D eigenvalue weighted by Crippen LogP contribution is 2.16. The lowest BCUT2D eigenvalue weighted by atomic mass is 10.1. The van der Waals surface area contributed by atoms with Gasteiger partial charge in [0.25, 0.3) is 5.91 Å². The van der Waals surface area contributed by atoms with Crippen molar-refractivity contribution in [3.05, 3.63) is 84.1 Å². The van der Waals surface area contributed by atoms with Crippen LogP contribution in [-0.4, -0.2) is 15.9 Å². The molecular formula is C18H14FN3O. The van der Waals surface area contributed by atoms with Crippen molar-refractivity contribution in [1.29, 1.82) is 0 Å². The van der Waals surface area contributed by atoms with Gasteiger partial charge in [-0.1, -0.05) is 42.5 Å². The monoisotopic (exact) mass is 307 g/mol. The fourth-order valence-corrected chi connectivity index (χ4v) is 2.17. The van der Waals surface area contributed by atoms with Crippen molar-refractivity contribution in [1.82, 2.24) is 15.3 Å². The third kappa shape index (κ3) is 3.58. The van der Waals surface area contributed by atoms with Gasteiger partial charge in [-0.2, -0.15) is 0 Å². The number of benzene rings is 2. The summed E-state index contributed by atoms with van der Waals surface area (Å²) < 4.78 is 13.6. The molecular weight excluding hydrogens is 293 g/mol. The van der Waals surface area contributed by atoms with Crippen LogP contribution in [0, 0.1) is 5.82 Å². The van der Waals surface area contributed by atoms with E-state index in [4.69, 9.17) is 0 Å². The van der Waals surface area contributed by atoms with E-state index in [0.717, 1.165) is 11.3 Å². The van der Waals surface area contributed by atoms with Crippen molar-refractivity contribution >= 4 is 5.91 Å². The second kappa shape index (κ2) is 6.79. The minimum atomic E-state index is -0.544. The second-order valence-electron chi connectivity index (χ2n) is 4.92. The van der Waals surface area contributed by atoms with E-state index in [0.29, 0.717) is 5.69 Å². The molecule has 114 valence electrons. The van der Waals surface area contributed by atoms with Gasteiger partial charge < -0.3 is 5.32 Å². The highest BCUT2D eigenvalue weighted by atomic mass is 19.1. The summed E-state index contributed by atoms with van der Waals surface area (Å²) in [6.07, 6.45) is 1.45. The van der Waals surface area contributed by atoms with Crippen LogP contribution < -0.4 is 5.32 Å². The number of carbonyl (C=O) groups excluding carboxylic acids is 1. The maximum atomic E-state index is 13.6. The number of nitrogens with zero attached hydrogens (tertiary/aromatic N) is 2. The number of hydrogen-bond donors (Lipinski definition) is 1. The van der Waals surface area contributed by atoms with Gasteiger partial charge in [-0.25, -0.2) is 14.4 Å². The molecule has 1 aromatic heterocycles. The van der Waals surface area contributed by atoms with E-state index in [1.54, 1.807) is 18.2 Å². The van der Waals surface area contributed by atoms with Crippen molar-refractivity contribution in [2.24, 2.45) is 0 Å². The first-order chi connectivity index (χ1) is 11.2. The third-order valence-corrected chi connectivity index (χ3v) is 3.34. The van der Waals surface area contributed by atoms with E-state index in [-0.39, 0.29) is 12.1 Å². The summed E-state index contributed by atoms with van der Waals surface area (Å²) >= 11 is 0. The molecule has 5 heteroatoms. The normalized spacial score (nSPS) is 10.3. The zero-order valence-electron chi connectivity index (χ0n) is 12.2. The number of halogens is 1. The molecule has 0 saturated heterocycles. The minimum Gasteiger partial charge on any atom is -0.346 e. The molecule has 0 unspecified atom stereocenters. The Balaban J connectivity index is 1.72. The van der Waals surface area contributed by atoms with Crippen molar-refractivity contribution < 1.29 is 9.18 Å². The van der Waals surface area contributed by atoms with Gasteiger partial charge in [0.1, 0.15) is 12.1 Å². The Kier molecular flexibility index (Phi) is 4.38. The molecule has 0 radical (unpaired) electrons. The molecule has 1 heterocycles. The number of rotatable bonds is 4. The Labute approximate surface area is 133 Å². The van der Waals surface area contributed by atoms with Crippen LogP contribution in [0.5, 0.6) is 0 Å². The molecule has 0 aliphatic carbocycles. The number of carbonyl (C=O) groups is 1. The van der Waals surface area contributed by atoms with Gasteiger partial charge in [0.2, 0.25) is 0 Å². The van der Waals surface area contributed by atoms with Gasteiger partial charge in [0.15, 0.2) is 0 Å². The van der Waals surface area contributed by atoms with Crippen molar-refractivity contribution in [2.75, 3.05) is 0 Å². The molecule has 3 rings (SSSR count). The molecule has 0 saturated carbocycles. The smallest absolute Gasteiger partial charge is 0.254 e. The van der Waals surface area contributed by atoms with Crippen molar-refractivity contribution in [2.45, 2.75) is 6.54 Å². The van der Waals surface area contributed by atoms with Crippen molar-refractivity contribution in [3.63, 3.8) is 0 Å². The fourth-order valence-electron chi connectivity index (χ4n) is 2.17. The van der Waals surface area contributed by atoms with Gasteiger partial charge in [-0.05, 0) is 18.2 Å². The first-order valence-corrected chi connectivity index (χ1v) is 7.13. The quantitative estimate of drug-likeness (QED) is 0.805. The van der Waals surface area contributed by atoms with Crippen LogP contribution in [0.4, 0.5) is 4.39 Å². The van der Waals surface area contributed by atoms with Crippen LogP contribution in [0.2, 0.25) is 0 Å². The van der Waals surface area contributed by atoms with Crippen LogP contribution in [0.1, 0.15) is 16.1 Å². The zero-order valence-corrected chi connectivity index (χ0v) is 12.2. The van der Waals surface area contributed by atoms with Crippen LogP contribution in [0.15, 0.2) is 67.0 Å². The Hall–Kier alpha value is -3.08. The van der Waals surface area contributed by atoms with Crippen LogP contribution in [0.25, 0.3) is 11.3 Å². The maximum absolute atomic E-state index is 13.6. The third-order valence-electron chi connectivity index (χ3n) is 3.34. The van der Waals surface area contributed by atoms with E-state index < -0.39 is 11.7 Å². The molecule has 0 atom stereocenters. The summed E-state index contributed by atoms with van der Waals surface area (Å²) in [6.45, 7) is 0.204. The summed E-state index contributed by atoms with van der Waals surface area (Å²) in [6, 6.07) is 17.4. The summed E-state index contributed by atoms with van der Waals surface area (Å²) in [7, 11) is 0. The summed E-state index contributed by atoms with van der Waals surface area (Å²) in [4.78, 5) is 20.4. The molecule has 1 N–H and O–H groups in total. The maximum Gasteiger partial charge on any atom is 0.254 e. The predicted octanol–water partition coefficient (Wildman–Crippen LogP) is 3.21. The Bertz CT molecular complexity index is 821. The van der Waals surface area contributed by atoms with E-state index in [2.05, 4.69) is 15.3 Å². The Morgan fingerprint density at radius 2 is 1.74 bits per heavy atom. The van der Waals surface area contributed by atoms with Crippen LogP contribution >= 0.6 is 0 Å². The number of amides is 1. The second-order valence-corrected chi connectivity index (χ2v) is 4.92. The zero-order chi connectivity index (χ0) is 16.1. The largest absolute Gasteiger partial charge is 0.346 e. The van der Waals surface area contributed by atoms with Crippen LogP contribution in [-0.2, 0) is 6.54 Å². The standard InChI is InChI=1S/C18H14FN3O/c19-16-9-5-4-8-15(16)18(23)20-11-14-10-17(22-12-21-14)13-6-2-1-3-7-13/h1-10,12H,11H2,(H,20,23). The molecule has 0 aliphatic heterocycles. The molecule has 0 bridgehead atoms. The first kappa shape index (κ1) is 14.8. The summed E-state index contributed by atoms with van der Waals surface area (Å²) in [5.41, 5.74) is 2.42. The highest BCUT2D eigenvalue weighted by molar-refractivity contribution is 5.94. The average Bonchev–Trinajstić information content (AvgIpc) is 2.61. The van der Waals surface area contributed by atoms with Gasteiger partial charge >= 0.3 is 0 Å². The lowest BCUT2D eigenvalue weighted by Gasteiger charge is -2.07. The van der Waals surface area contributed by atoms with E-state index in [1.807, 2.05) is 30.3 Å². The van der Waals surface area contributed by atoms with E-state index in [9.17, 15) is 9.18 Å². The topological polar surface area (TPSA) is 54.9 Å². The molecule has 3 aromatic rings.